The molecule has 1 saturated heterocycles. The third-order valence-corrected chi connectivity index (χ3v) is 8.20. The molecule has 5 nitrogen and oxygen atoms in total. The fourth-order valence-electron chi connectivity index (χ4n) is 6.08. The molecule has 3 aromatic rings. The Morgan fingerprint density at radius 2 is 1.97 bits per heavy atom. The second-order valence-corrected chi connectivity index (χ2v) is 10.1. The van der Waals surface area contributed by atoms with Crippen LogP contribution in [0.5, 0.6) is 0 Å². The zero-order valence-corrected chi connectivity index (χ0v) is 20.8. The number of fused-ring (bicyclic) bond motifs is 3. The highest BCUT2D eigenvalue weighted by Crippen LogP contribution is 2.49. The fourth-order valence-corrected chi connectivity index (χ4v) is 6.08. The van der Waals surface area contributed by atoms with Crippen LogP contribution in [0.1, 0.15) is 68.7 Å². The number of imidazole rings is 1. The van der Waals surface area contributed by atoms with E-state index in [9.17, 15) is 5.26 Å². The van der Waals surface area contributed by atoms with Crippen LogP contribution in [0.2, 0.25) is 0 Å². The molecule has 3 heterocycles. The first kappa shape index (κ1) is 23.6. The van der Waals surface area contributed by atoms with E-state index in [0.29, 0.717) is 11.1 Å². The van der Waals surface area contributed by atoms with E-state index in [1.54, 1.807) is 12.4 Å². The van der Waals surface area contributed by atoms with Gasteiger partial charge in [0.25, 0.3) is 0 Å². The number of likely N-dealkylation sites (tertiary alicyclic amines) is 1. The normalized spacial score (nSPS) is 17.2. The number of aryl methyl sites for hydroxylation is 1. The smallest absolute Gasteiger partial charge is 0.149 e. The van der Waals surface area contributed by atoms with E-state index >= 15 is 4.39 Å². The number of hydrogen-bond acceptors (Lipinski definition) is 4. The Balaban J connectivity index is 1.21. The molecule has 0 unspecified atom stereocenters. The number of allylic oxidation sites excluding steroid dienone is 1. The third kappa shape index (κ3) is 4.12. The van der Waals surface area contributed by atoms with Crippen LogP contribution >= 0.6 is 0 Å². The van der Waals surface area contributed by atoms with Gasteiger partial charge in [0, 0.05) is 22.8 Å². The van der Waals surface area contributed by atoms with E-state index in [1.807, 2.05) is 22.8 Å². The highest BCUT2D eigenvalue weighted by Gasteiger charge is 2.44. The van der Waals surface area contributed by atoms with Crippen LogP contribution in [0.4, 0.5) is 10.1 Å². The number of anilines is 1. The Hall–Kier alpha value is -3.17. The van der Waals surface area contributed by atoms with Crippen LogP contribution in [-0.2, 0) is 11.8 Å². The van der Waals surface area contributed by atoms with Crippen LogP contribution in [0.3, 0.4) is 0 Å². The van der Waals surface area contributed by atoms with Gasteiger partial charge in [-0.15, -0.1) is 0 Å². The minimum absolute atomic E-state index is 0.0828. The number of hydrogen-bond donors (Lipinski definition) is 1. The van der Waals surface area contributed by atoms with Crippen LogP contribution in [-0.4, -0.2) is 34.1 Å². The molecule has 2 aliphatic heterocycles. The summed E-state index contributed by atoms with van der Waals surface area (Å²) in [5, 5.41) is 12.8. The van der Waals surface area contributed by atoms with Crippen molar-refractivity contribution in [3.05, 3.63) is 71.4 Å². The quantitative estimate of drug-likeness (QED) is 0.438. The molecule has 0 amide bonds. The lowest BCUT2D eigenvalue weighted by Crippen LogP contribution is -2.43. The first-order chi connectivity index (χ1) is 17.0. The summed E-state index contributed by atoms with van der Waals surface area (Å²) in [5.41, 5.74) is 6.40. The predicted molar refractivity (Wildman–Crippen MR) is 139 cm³/mol. The van der Waals surface area contributed by atoms with Crippen LogP contribution in [0, 0.1) is 17.1 Å². The predicted octanol–water partition coefficient (Wildman–Crippen LogP) is 6.31. The van der Waals surface area contributed by atoms with Gasteiger partial charge in [-0.2, -0.15) is 5.26 Å². The summed E-state index contributed by atoms with van der Waals surface area (Å²) < 4.78 is 17.0. The van der Waals surface area contributed by atoms with Gasteiger partial charge in [-0.05, 0) is 99.6 Å². The van der Waals surface area contributed by atoms with E-state index < -0.39 is 0 Å². The molecule has 35 heavy (non-hydrogen) atoms. The van der Waals surface area contributed by atoms with Gasteiger partial charge in [0.05, 0.1) is 23.5 Å². The molecule has 5 rings (SSSR count). The highest BCUT2D eigenvalue weighted by atomic mass is 19.1. The molecule has 182 valence electrons. The standard InChI is InChI=1S/C29H34FN5/c1-4-23(5-2)35-19-32-27-17-21(16-25(30)28(27)35)7-6-12-34-13-10-29(11-14-34)20(3)33-26-9-8-22(18-31)15-24(26)29/h8-9,15-17,19,23,33H,3-7,10-14H2,1-2H3. The molecule has 2 aromatic carbocycles. The molecule has 1 N–H and O–H groups in total. The summed E-state index contributed by atoms with van der Waals surface area (Å²) in [7, 11) is 0. The number of halogens is 1. The van der Waals surface area contributed by atoms with Gasteiger partial charge in [0.1, 0.15) is 11.3 Å². The van der Waals surface area contributed by atoms with Gasteiger partial charge in [-0.3, -0.25) is 0 Å². The molecule has 2 aliphatic rings. The molecule has 1 aromatic heterocycles. The molecular weight excluding hydrogens is 437 g/mol. The number of benzene rings is 2. The molecule has 6 heteroatoms. The van der Waals surface area contributed by atoms with Crippen molar-refractivity contribution in [2.45, 2.75) is 63.8 Å². The van der Waals surface area contributed by atoms with Gasteiger partial charge in [-0.25, -0.2) is 9.37 Å². The summed E-state index contributed by atoms with van der Waals surface area (Å²) in [6.07, 6.45) is 7.55. The second-order valence-electron chi connectivity index (χ2n) is 10.1. The highest BCUT2D eigenvalue weighted by molar-refractivity contribution is 5.77. The maximum absolute atomic E-state index is 15.0. The minimum Gasteiger partial charge on any atom is -0.358 e. The lowest BCUT2D eigenvalue weighted by molar-refractivity contribution is 0.179. The Labute approximate surface area is 207 Å². The van der Waals surface area contributed by atoms with E-state index in [1.165, 1.54) is 5.56 Å². The third-order valence-electron chi connectivity index (χ3n) is 8.20. The number of aromatic nitrogens is 2. The van der Waals surface area contributed by atoms with Crippen molar-refractivity contribution in [2.24, 2.45) is 0 Å². The molecular formula is C29H34FN5. The maximum atomic E-state index is 15.0. The van der Waals surface area contributed by atoms with Gasteiger partial charge < -0.3 is 14.8 Å². The SMILES string of the molecule is C=C1Nc2ccc(C#N)cc2C12CCN(CCCc1cc(F)c3c(c1)ncn3C(CC)CC)CC2. The average Bonchev–Trinajstić information content (AvgIpc) is 3.40. The Morgan fingerprint density at radius 3 is 2.69 bits per heavy atom. The largest absolute Gasteiger partial charge is 0.358 e. The zero-order valence-electron chi connectivity index (χ0n) is 20.8. The number of nitrogens with zero attached hydrogens (tertiary/aromatic N) is 4. The number of piperidine rings is 1. The van der Waals surface area contributed by atoms with Crippen molar-refractivity contribution in [2.75, 3.05) is 25.0 Å². The zero-order chi connectivity index (χ0) is 24.6. The van der Waals surface area contributed by atoms with Crippen LogP contribution in [0.15, 0.2) is 48.9 Å². The molecule has 1 fully saturated rings. The first-order valence-corrected chi connectivity index (χ1v) is 12.9. The topological polar surface area (TPSA) is 56.9 Å². The molecule has 0 aliphatic carbocycles. The lowest BCUT2D eigenvalue weighted by atomic mass is 9.72. The van der Waals surface area contributed by atoms with Crippen molar-refractivity contribution in [1.29, 1.82) is 5.26 Å². The average molecular weight is 472 g/mol. The summed E-state index contributed by atoms with van der Waals surface area (Å²) >= 11 is 0. The minimum atomic E-state index is -0.163. The fraction of sp³-hybridized carbons (Fsp3) is 0.448. The van der Waals surface area contributed by atoms with Crippen molar-refractivity contribution in [3.8, 4) is 6.07 Å². The molecule has 0 atom stereocenters. The van der Waals surface area contributed by atoms with Gasteiger partial charge >= 0.3 is 0 Å². The van der Waals surface area contributed by atoms with Crippen molar-refractivity contribution in [3.63, 3.8) is 0 Å². The van der Waals surface area contributed by atoms with E-state index in [0.717, 1.165) is 80.6 Å². The van der Waals surface area contributed by atoms with Gasteiger partial charge in [-0.1, -0.05) is 20.4 Å². The molecule has 0 radical (unpaired) electrons. The Bertz CT molecular complexity index is 1290. The summed E-state index contributed by atoms with van der Waals surface area (Å²) in [6, 6.07) is 12.2. The Kier molecular flexibility index (Phi) is 6.37. The summed E-state index contributed by atoms with van der Waals surface area (Å²) in [6.45, 7) is 11.6. The van der Waals surface area contributed by atoms with Crippen LogP contribution < -0.4 is 5.32 Å². The van der Waals surface area contributed by atoms with Crippen molar-refractivity contribution >= 4 is 16.7 Å². The Morgan fingerprint density at radius 1 is 1.20 bits per heavy atom. The lowest BCUT2D eigenvalue weighted by Gasteiger charge is -2.40. The molecule has 0 bridgehead atoms. The summed E-state index contributed by atoms with van der Waals surface area (Å²) in [5.74, 6) is -0.163. The number of rotatable bonds is 7. The molecule has 0 saturated carbocycles. The van der Waals surface area contributed by atoms with Gasteiger partial charge in [0.15, 0.2) is 0 Å². The van der Waals surface area contributed by atoms with Crippen molar-refractivity contribution in [1.82, 2.24) is 14.5 Å². The first-order valence-electron chi connectivity index (χ1n) is 12.9. The number of nitriles is 1. The van der Waals surface area contributed by atoms with E-state index in [-0.39, 0.29) is 17.3 Å². The van der Waals surface area contributed by atoms with Gasteiger partial charge in [0.2, 0.25) is 0 Å². The number of nitrogens with one attached hydrogen (secondary N) is 1. The summed E-state index contributed by atoms with van der Waals surface area (Å²) in [4.78, 5) is 7.01. The monoisotopic (exact) mass is 471 g/mol. The van der Waals surface area contributed by atoms with E-state index in [2.05, 4.69) is 47.8 Å². The van der Waals surface area contributed by atoms with E-state index in [4.69, 9.17) is 0 Å². The molecule has 1 spiro atoms. The maximum Gasteiger partial charge on any atom is 0.149 e. The second kappa shape index (κ2) is 9.47. The van der Waals surface area contributed by atoms with Crippen molar-refractivity contribution < 1.29 is 4.39 Å². The van der Waals surface area contributed by atoms with Crippen LogP contribution in [0.25, 0.3) is 11.0 Å².